The number of carbonyl (C=O) groups is 1. The normalized spacial score (nSPS) is 11.0. The summed E-state index contributed by atoms with van der Waals surface area (Å²) in [7, 11) is 1.60. The molecule has 0 aliphatic carbocycles. The van der Waals surface area contributed by atoms with E-state index in [9.17, 15) is 4.79 Å². The van der Waals surface area contributed by atoms with Crippen LogP contribution in [0.25, 0.3) is 32.2 Å². The summed E-state index contributed by atoms with van der Waals surface area (Å²) in [5.74, 6) is 0.663. The highest BCUT2D eigenvalue weighted by atomic mass is 32.1. The van der Waals surface area contributed by atoms with Gasteiger partial charge in [0.1, 0.15) is 15.5 Å². The molecule has 1 aromatic carbocycles. The zero-order valence-electron chi connectivity index (χ0n) is 13.7. The van der Waals surface area contributed by atoms with Crippen molar-refractivity contribution >= 4 is 44.5 Å². The van der Waals surface area contributed by atoms with Gasteiger partial charge in [-0.1, -0.05) is 18.2 Å². The molecule has 0 aliphatic heterocycles. The smallest absolute Gasteiger partial charge is 0.260 e. The van der Waals surface area contributed by atoms with Gasteiger partial charge in [-0.25, -0.2) is 9.97 Å². The molecule has 0 bridgehead atoms. The van der Waals surface area contributed by atoms with E-state index < -0.39 is 5.91 Å². The predicted molar refractivity (Wildman–Crippen MR) is 106 cm³/mol. The number of fused-ring (bicyclic) bond motifs is 1. The number of rotatable bonds is 4. The van der Waals surface area contributed by atoms with Crippen LogP contribution in [-0.4, -0.2) is 23.0 Å². The zero-order chi connectivity index (χ0) is 18.3. The second-order valence-corrected chi connectivity index (χ2v) is 7.41. The molecule has 8 heteroatoms. The molecule has 3 aromatic heterocycles. The highest BCUT2D eigenvalue weighted by Gasteiger charge is 2.22. The average molecular weight is 382 g/mol. The van der Waals surface area contributed by atoms with Crippen LogP contribution in [0, 0.1) is 0 Å². The van der Waals surface area contributed by atoms with Gasteiger partial charge in [0.25, 0.3) is 5.91 Å². The van der Waals surface area contributed by atoms with Crippen LogP contribution in [0.3, 0.4) is 0 Å². The van der Waals surface area contributed by atoms with E-state index in [1.165, 1.54) is 11.3 Å². The molecule has 0 atom stereocenters. The summed E-state index contributed by atoms with van der Waals surface area (Å²) in [6, 6.07) is 11.4. The molecule has 3 heterocycles. The van der Waals surface area contributed by atoms with Gasteiger partial charge in [0.15, 0.2) is 5.82 Å². The average Bonchev–Trinajstić information content (AvgIpc) is 3.29. The van der Waals surface area contributed by atoms with Crippen molar-refractivity contribution < 1.29 is 9.53 Å². The fourth-order valence-corrected chi connectivity index (χ4v) is 4.36. The Kier molecular flexibility index (Phi) is 4.06. The predicted octanol–water partition coefficient (Wildman–Crippen LogP) is 3.78. The minimum atomic E-state index is -0.575. The van der Waals surface area contributed by atoms with E-state index in [0.717, 1.165) is 10.4 Å². The Bertz CT molecular complexity index is 1120. The molecule has 0 radical (unpaired) electrons. The van der Waals surface area contributed by atoms with Crippen LogP contribution in [0.2, 0.25) is 0 Å². The topological polar surface area (TPSA) is 104 Å². The van der Waals surface area contributed by atoms with Gasteiger partial charge in [0.05, 0.1) is 28.8 Å². The van der Waals surface area contributed by atoms with Crippen molar-refractivity contribution in [3.63, 3.8) is 0 Å². The monoisotopic (exact) mass is 382 g/mol. The molecule has 4 rings (SSSR count). The highest BCUT2D eigenvalue weighted by Crippen LogP contribution is 2.42. The molecule has 0 fully saturated rings. The van der Waals surface area contributed by atoms with Crippen molar-refractivity contribution in [1.82, 2.24) is 9.97 Å². The molecule has 0 spiro atoms. The summed E-state index contributed by atoms with van der Waals surface area (Å²) in [5, 5.41) is 2.58. The summed E-state index contributed by atoms with van der Waals surface area (Å²) in [5.41, 5.74) is 13.4. The standard InChI is InChI=1S/C18H14N4O2S2/c1-24-10-6-3-2-5-9(10)14-12-13(19)15(16(20)23)26-18(12)22-17(21-14)11-7-4-8-25-11/h2-8H,19H2,1H3,(H2,20,23). The summed E-state index contributed by atoms with van der Waals surface area (Å²) in [4.78, 5) is 23.0. The van der Waals surface area contributed by atoms with E-state index in [1.807, 2.05) is 41.8 Å². The van der Waals surface area contributed by atoms with Gasteiger partial charge in [-0.2, -0.15) is 0 Å². The van der Waals surface area contributed by atoms with Crippen molar-refractivity contribution in [2.75, 3.05) is 12.8 Å². The first-order chi connectivity index (χ1) is 12.6. The van der Waals surface area contributed by atoms with Crippen molar-refractivity contribution in [1.29, 1.82) is 0 Å². The Morgan fingerprint density at radius 3 is 2.65 bits per heavy atom. The molecular formula is C18H14N4O2S2. The largest absolute Gasteiger partial charge is 0.496 e. The number of hydrogen-bond acceptors (Lipinski definition) is 7. The van der Waals surface area contributed by atoms with Gasteiger partial charge in [-0.05, 0) is 23.6 Å². The number of ether oxygens (including phenoxy) is 1. The first-order valence-electron chi connectivity index (χ1n) is 7.67. The van der Waals surface area contributed by atoms with Crippen molar-refractivity contribution in [3.05, 3.63) is 46.7 Å². The van der Waals surface area contributed by atoms with Crippen molar-refractivity contribution in [2.45, 2.75) is 0 Å². The highest BCUT2D eigenvalue weighted by molar-refractivity contribution is 7.21. The number of para-hydroxylation sites is 1. The number of nitrogen functional groups attached to an aromatic ring is 1. The molecule has 130 valence electrons. The lowest BCUT2D eigenvalue weighted by Gasteiger charge is -2.10. The zero-order valence-corrected chi connectivity index (χ0v) is 15.4. The molecule has 6 nitrogen and oxygen atoms in total. The number of aromatic nitrogens is 2. The quantitative estimate of drug-likeness (QED) is 0.559. The van der Waals surface area contributed by atoms with Crippen molar-refractivity contribution in [3.8, 4) is 27.7 Å². The number of primary amides is 1. The molecule has 1 amide bonds. The molecule has 0 saturated heterocycles. The molecule has 4 aromatic rings. The Morgan fingerprint density at radius 2 is 1.96 bits per heavy atom. The van der Waals surface area contributed by atoms with E-state index in [2.05, 4.69) is 4.98 Å². The van der Waals surface area contributed by atoms with E-state index in [4.69, 9.17) is 21.2 Å². The van der Waals surface area contributed by atoms with Crippen LogP contribution in [0.15, 0.2) is 41.8 Å². The van der Waals surface area contributed by atoms with Gasteiger partial charge in [0, 0.05) is 5.56 Å². The minimum Gasteiger partial charge on any atom is -0.496 e. The number of amides is 1. The molecule has 0 saturated carbocycles. The Labute approximate surface area is 157 Å². The number of carbonyl (C=O) groups excluding carboxylic acids is 1. The minimum absolute atomic E-state index is 0.286. The molecule has 0 aliphatic rings. The third kappa shape index (κ3) is 2.59. The first-order valence-corrected chi connectivity index (χ1v) is 9.37. The second kappa shape index (κ2) is 6.40. The Hall–Kier alpha value is -2.97. The summed E-state index contributed by atoms with van der Waals surface area (Å²) in [6.45, 7) is 0. The molecular weight excluding hydrogens is 368 g/mol. The Morgan fingerprint density at radius 1 is 1.15 bits per heavy atom. The number of nitrogens with two attached hydrogens (primary N) is 2. The first kappa shape index (κ1) is 16.5. The second-order valence-electron chi connectivity index (χ2n) is 5.46. The molecule has 4 N–H and O–H groups in total. The summed E-state index contributed by atoms with van der Waals surface area (Å²) >= 11 is 2.72. The number of anilines is 1. The number of thiophene rings is 2. The molecule has 0 unspecified atom stereocenters. The maximum atomic E-state index is 11.8. The maximum Gasteiger partial charge on any atom is 0.260 e. The number of hydrogen-bond donors (Lipinski definition) is 2. The fraction of sp³-hybridized carbons (Fsp3) is 0.0556. The van der Waals surface area contributed by atoms with Crippen LogP contribution < -0.4 is 16.2 Å². The van der Waals surface area contributed by atoms with E-state index in [-0.39, 0.29) is 4.88 Å². The maximum absolute atomic E-state index is 11.8. The van der Waals surface area contributed by atoms with Gasteiger partial charge in [-0.3, -0.25) is 4.79 Å². The Balaban J connectivity index is 2.10. The third-order valence-corrected chi connectivity index (χ3v) is 5.90. The lowest BCUT2D eigenvalue weighted by atomic mass is 10.1. The van der Waals surface area contributed by atoms with Crippen LogP contribution >= 0.6 is 22.7 Å². The van der Waals surface area contributed by atoms with Crippen LogP contribution in [0.4, 0.5) is 5.69 Å². The van der Waals surface area contributed by atoms with Gasteiger partial charge >= 0.3 is 0 Å². The summed E-state index contributed by atoms with van der Waals surface area (Å²) < 4.78 is 5.49. The van der Waals surface area contributed by atoms with E-state index >= 15 is 0 Å². The molecule has 26 heavy (non-hydrogen) atoms. The van der Waals surface area contributed by atoms with E-state index in [0.29, 0.717) is 33.2 Å². The lowest BCUT2D eigenvalue weighted by molar-refractivity contribution is 0.100. The van der Waals surface area contributed by atoms with Crippen LogP contribution in [-0.2, 0) is 0 Å². The van der Waals surface area contributed by atoms with Gasteiger partial charge in [0.2, 0.25) is 0 Å². The summed E-state index contributed by atoms with van der Waals surface area (Å²) in [6.07, 6.45) is 0. The number of benzene rings is 1. The fourth-order valence-electron chi connectivity index (χ4n) is 2.76. The van der Waals surface area contributed by atoms with Crippen molar-refractivity contribution in [2.24, 2.45) is 5.73 Å². The lowest BCUT2D eigenvalue weighted by Crippen LogP contribution is -2.10. The van der Waals surface area contributed by atoms with Gasteiger partial charge in [-0.15, -0.1) is 22.7 Å². The number of nitrogens with zero attached hydrogens (tertiary/aromatic N) is 2. The SMILES string of the molecule is COc1ccccc1-c1nc(-c2cccs2)nc2sc(C(N)=O)c(N)c12. The number of methoxy groups -OCH3 is 1. The third-order valence-electron chi connectivity index (χ3n) is 3.92. The van der Waals surface area contributed by atoms with Crippen LogP contribution in [0.1, 0.15) is 9.67 Å². The van der Waals surface area contributed by atoms with E-state index in [1.54, 1.807) is 18.4 Å². The van der Waals surface area contributed by atoms with Crippen LogP contribution in [0.5, 0.6) is 5.75 Å². The van der Waals surface area contributed by atoms with Gasteiger partial charge < -0.3 is 16.2 Å².